The Labute approximate surface area is 126 Å². The molecule has 0 radical (unpaired) electrons. The quantitative estimate of drug-likeness (QED) is 0.873. The molecule has 0 atom stereocenters. The summed E-state index contributed by atoms with van der Waals surface area (Å²) < 4.78 is 23.5. The van der Waals surface area contributed by atoms with E-state index in [1.54, 1.807) is 17.2 Å². The molecule has 1 N–H and O–H groups in total. The fourth-order valence-corrected chi connectivity index (χ4v) is 3.53. The van der Waals surface area contributed by atoms with Crippen molar-refractivity contribution < 1.29 is 13.2 Å². The number of carbonyl (C=O) groups excluding carboxylic acids is 1. The fourth-order valence-electron chi connectivity index (χ4n) is 2.00. The van der Waals surface area contributed by atoms with Gasteiger partial charge in [-0.3, -0.25) is 4.79 Å². The fraction of sp³-hybridized carbons (Fsp3) is 0.500. The molecule has 20 heavy (non-hydrogen) atoms. The maximum Gasteiger partial charge on any atom is 0.257 e. The van der Waals surface area contributed by atoms with Gasteiger partial charge in [0.2, 0.25) is 0 Å². The first-order valence-electron chi connectivity index (χ1n) is 6.32. The monoisotopic (exact) mass is 361 g/mol. The third-order valence-corrected chi connectivity index (χ3v) is 5.10. The molecule has 1 aliphatic rings. The summed E-state index contributed by atoms with van der Waals surface area (Å²) in [7, 11) is -2.99. The van der Waals surface area contributed by atoms with Crippen LogP contribution in [0, 0.1) is 0 Å². The Morgan fingerprint density at radius 2 is 2.10 bits per heavy atom. The Kier molecular flexibility index (Phi) is 4.64. The second-order valence-electron chi connectivity index (χ2n) is 4.52. The lowest BCUT2D eigenvalue weighted by molar-refractivity contribution is 0.0771. The van der Waals surface area contributed by atoms with Crippen LogP contribution in [0.4, 0.5) is 5.82 Å². The van der Waals surface area contributed by atoms with Crippen molar-refractivity contribution in [2.24, 2.45) is 0 Å². The summed E-state index contributed by atoms with van der Waals surface area (Å²) in [5, 5.41) is 3.04. The van der Waals surface area contributed by atoms with Gasteiger partial charge in [-0.25, -0.2) is 13.4 Å². The standard InChI is InChI=1S/C12H16BrN3O3S/c1-2-14-11-10(7-9(13)8-15-11)12(17)16-3-5-20(18,19)6-4-16/h7-8H,2-6H2,1H3,(H,14,15). The molecule has 1 amide bonds. The Morgan fingerprint density at radius 3 is 2.70 bits per heavy atom. The van der Waals surface area contributed by atoms with Crippen LogP contribution in [0.25, 0.3) is 0 Å². The molecule has 2 rings (SSSR count). The predicted molar refractivity (Wildman–Crippen MR) is 80.7 cm³/mol. The third-order valence-electron chi connectivity index (χ3n) is 3.06. The molecule has 1 aromatic rings. The molecule has 1 saturated heterocycles. The number of halogens is 1. The van der Waals surface area contributed by atoms with Gasteiger partial charge < -0.3 is 10.2 Å². The molecular weight excluding hydrogens is 346 g/mol. The van der Waals surface area contributed by atoms with Gasteiger partial charge in [0.15, 0.2) is 9.84 Å². The van der Waals surface area contributed by atoms with Gasteiger partial charge in [-0.05, 0) is 28.9 Å². The first-order chi connectivity index (χ1) is 9.43. The van der Waals surface area contributed by atoms with Gasteiger partial charge in [-0.2, -0.15) is 0 Å². The van der Waals surface area contributed by atoms with Crippen molar-refractivity contribution in [1.82, 2.24) is 9.88 Å². The minimum absolute atomic E-state index is 0.0245. The van der Waals surface area contributed by atoms with E-state index in [-0.39, 0.29) is 30.5 Å². The molecule has 2 heterocycles. The molecule has 110 valence electrons. The molecule has 0 aliphatic carbocycles. The highest BCUT2D eigenvalue weighted by Crippen LogP contribution is 2.20. The summed E-state index contributed by atoms with van der Waals surface area (Å²) in [5.74, 6) is 0.381. The SMILES string of the molecule is CCNc1ncc(Br)cc1C(=O)N1CCS(=O)(=O)CC1. The lowest BCUT2D eigenvalue weighted by Crippen LogP contribution is -2.44. The summed E-state index contributed by atoms with van der Waals surface area (Å²) in [6, 6.07) is 1.70. The van der Waals surface area contributed by atoms with Gasteiger partial charge in [-0.15, -0.1) is 0 Å². The van der Waals surface area contributed by atoms with Crippen LogP contribution >= 0.6 is 15.9 Å². The number of hydrogen-bond acceptors (Lipinski definition) is 5. The lowest BCUT2D eigenvalue weighted by Gasteiger charge is -2.27. The number of anilines is 1. The first-order valence-corrected chi connectivity index (χ1v) is 8.93. The van der Waals surface area contributed by atoms with Crippen LogP contribution in [0.2, 0.25) is 0 Å². The Morgan fingerprint density at radius 1 is 1.45 bits per heavy atom. The highest BCUT2D eigenvalue weighted by molar-refractivity contribution is 9.10. The van der Waals surface area contributed by atoms with Gasteiger partial charge >= 0.3 is 0 Å². The van der Waals surface area contributed by atoms with E-state index >= 15 is 0 Å². The van der Waals surface area contributed by atoms with Crippen molar-refractivity contribution in [2.75, 3.05) is 36.5 Å². The maximum atomic E-state index is 12.5. The van der Waals surface area contributed by atoms with Crippen molar-refractivity contribution in [1.29, 1.82) is 0 Å². The minimum atomic E-state index is -2.99. The van der Waals surface area contributed by atoms with E-state index in [1.165, 1.54) is 0 Å². The second-order valence-corrected chi connectivity index (χ2v) is 7.74. The van der Waals surface area contributed by atoms with E-state index in [0.29, 0.717) is 22.4 Å². The number of amides is 1. The van der Waals surface area contributed by atoms with Crippen LogP contribution in [-0.2, 0) is 9.84 Å². The van der Waals surface area contributed by atoms with E-state index in [1.807, 2.05) is 6.92 Å². The van der Waals surface area contributed by atoms with Gasteiger partial charge in [0.25, 0.3) is 5.91 Å². The highest BCUT2D eigenvalue weighted by atomic mass is 79.9. The number of nitrogens with one attached hydrogen (secondary N) is 1. The first kappa shape index (κ1) is 15.2. The molecule has 1 fully saturated rings. The molecule has 1 aliphatic heterocycles. The van der Waals surface area contributed by atoms with Crippen LogP contribution in [0.3, 0.4) is 0 Å². The zero-order valence-corrected chi connectivity index (χ0v) is 13.5. The molecule has 1 aromatic heterocycles. The van der Waals surface area contributed by atoms with Gasteiger partial charge in [0, 0.05) is 30.3 Å². The average molecular weight is 362 g/mol. The van der Waals surface area contributed by atoms with Crippen molar-refractivity contribution in [3.05, 3.63) is 22.3 Å². The molecule has 0 spiro atoms. The average Bonchev–Trinajstić information content (AvgIpc) is 2.40. The number of rotatable bonds is 3. The molecule has 0 aromatic carbocycles. The van der Waals surface area contributed by atoms with Crippen LogP contribution in [0.15, 0.2) is 16.7 Å². The van der Waals surface area contributed by atoms with Crippen molar-refractivity contribution in [3.63, 3.8) is 0 Å². The second kappa shape index (κ2) is 6.09. The largest absolute Gasteiger partial charge is 0.370 e. The maximum absolute atomic E-state index is 12.5. The topological polar surface area (TPSA) is 79.4 Å². The van der Waals surface area contributed by atoms with Crippen LogP contribution in [-0.4, -0.2) is 55.3 Å². The summed E-state index contributed by atoms with van der Waals surface area (Å²) in [6.45, 7) is 3.05. The number of nitrogens with zero attached hydrogens (tertiary/aromatic N) is 2. The lowest BCUT2D eigenvalue weighted by atomic mass is 10.2. The number of pyridine rings is 1. The zero-order chi connectivity index (χ0) is 14.8. The molecular formula is C12H16BrN3O3S. The normalized spacial score (nSPS) is 17.8. The van der Waals surface area contributed by atoms with Gasteiger partial charge in [0.1, 0.15) is 5.82 Å². The van der Waals surface area contributed by atoms with Crippen LogP contribution in [0.5, 0.6) is 0 Å². The zero-order valence-electron chi connectivity index (χ0n) is 11.1. The van der Waals surface area contributed by atoms with Gasteiger partial charge in [0.05, 0.1) is 17.1 Å². The van der Waals surface area contributed by atoms with Gasteiger partial charge in [-0.1, -0.05) is 0 Å². The summed E-state index contributed by atoms with van der Waals surface area (Å²) in [5.41, 5.74) is 0.459. The summed E-state index contributed by atoms with van der Waals surface area (Å²) in [6.07, 6.45) is 1.62. The van der Waals surface area contributed by atoms with Crippen LogP contribution < -0.4 is 5.32 Å². The predicted octanol–water partition coefficient (Wildman–Crippen LogP) is 1.15. The molecule has 6 nitrogen and oxygen atoms in total. The van der Waals surface area contributed by atoms with Crippen molar-refractivity contribution in [3.8, 4) is 0 Å². The van der Waals surface area contributed by atoms with Crippen molar-refractivity contribution >= 4 is 37.5 Å². The summed E-state index contributed by atoms with van der Waals surface area (Å²) in [4.78, 5) is 18.2. The Hall–Kier alpha value is -1.15. The number of aromatic nitrogens is 1. The Balaban J connectivity index is 2.22. The smallest absolute Gasteiger partial charge is 0.257 e. The third kappa shape index (κ3) is 3.49. The van der Waals surface area contributed by atoms with E-state index in [2.05, 4.69) is 26.2 Å². The van der Waals surface area contributed by atoms with Crippen LogP contribution in [0.1, 0.15) is 17.3 Å². The van der Waals surface area contributed by atoms with E-state index in [0.717, 1.165) is 0 Å². The Bertz CT molecular complexity index is 604. The number of carbonyl (C=O) groups is 1. The van der Waals surface area contributed by atoms with Crippen molar-refractivity contribution in [2.45, 2.75) is 6.92 Å². The molecule has 0 unspecified atom stereocenters. The highest BCUT2D eigenvalue weighted by Gasteiger charge is 2.27. The van der Waals surface area contributed by atoms with E-state index in [4.69, 9.17) is 0 Å². The molecule has 0 bridgehead atoms. The number of hydrogen-bond donors (Lipinski definition) is 1. The minimum Gasteiger partial charge on any atom is -0.370 e. The van der Waals surface area contributed by atoms with E-state index in [9.17, 15) is 13.2 Å². The molecule has 8 heteroatoms. The van der Waals surface area contributed by atoms with E-state index < -0.39 is 9.84 Å². The summed E-state index contributed by atoms with van der Waals surface area (Å²) >= 11 is 3.30. The molecule has 0 saturated carbocycles. The number of sulfone groups is 1.